The van der Waals surface area contributed by atoms with Crippen molar-refractivity contribution in [2.75, 3.05) is 19.8 Å². The summed E-state index contributed by atoms with van der Waals surface area (Å²) in [6.07, 6.45) is 6.19. The van der Waals surface area contributed by atoms with E-state index >= 15 is 0 Å². The van der Waals surface area contributed by atoms with Crippen LogP contribution in [0.2, 0.25) is 0 Å². The van der Waals surface area contributed by atoms with E-state index in [0.29, 0.717) is 31.6 Å². The van der Waals surface area contributed by atoms with E-state index in [9.17, 15) is 9.59 Å². The quantitative estimate of drug-likeness (QED) is 0.418. The van der Waals surface area contributed by atoms with Gasteiger partial charge in [-0.15, -0.1) is 0 Å². The fourth-order valence-electron chi connectivity index (χ4n) is 3.59. The second-order valence-corrected chi connectivity index (χ2v) is 5.44. The number of amides is 2. The van der Waals surface area contributed by atoms with Crippen molar-refractivity contribution in [2.45, 2.75) is 19.8 Å². The number of hydrogen-bond acceptors (Lipinski definition) is 3. The zero-order valence-corrected chi connectivity index (χ0v) is 10.7. The number of likely N-dealkylation sites (tertiary alicyclic amines) is 1. The smallest absolute Gasteiger partial charge is 0.233 e. The standard InChI is InChI=1S/C14H19NO3/c1-2-6-18-7-5-15-13(16)11-9-3-4-10(8-9)12(11)14(15)17/h3-4,9-12H,2,5-8H2,1H3/t9?,10?,11-,12+. The summed E-state index contributed by atoms with van der Waals surface area (Å²) in [5.41, 5.74) is 0. The molecule has 0 N–H and O–H groups in total. The van der Waals surface area contributed by atoms with Crippen molar-refractivity contribution < 1.29 is 14.3 Å². The highest BCUT2D eigenvalue weighted by molar-refractivity contribution is 6.06. The molecule has 98 valence electrons. The Balaban J connectivity index is 1.65. The van der Waals surface area contributed by atoms with Gasteiger partial charge in [0.15, 0.2) is 0 Å². The first-order chi connectivity index (χ1) is 8.74. The van der Waals surface area contributed by atoms with Gasteiger partial charge in [0.25, 0.3) is 0 Å². The van der Waals surface area contributed by atoms with Gasteiger partial charge in [-0.2, -0.15) is 0 Å². The predicted molar refractivity (Wildman–Crippen MR) is 65.5 cm³/mol. The predicted octanol–water partition coefficient (Wildman–Crippen LogP) is 1.22. The van der Waals surface area contributed by atoms with Crippen LogP contribution in [-0.4, -0.2) is 36.5 Å². The van der Waals surface area contributed by atoms with Crippen molar-refractivity contribution >= 4 is 11.8 Å². The molecule has 1 saturated carbocycles. The van der Waals surface area contributed by atoms with Crippen molar-refractivity contribution in [2.24, 2.45) is 23.7 Å². The van der Waals surface area contributed by atoms with Crippen LogP contribution in [0.3, 0.4) is 0 Å². The molecule has 4 nitrogen and oxygen atoms in total. The van der Waals surface area contributed by atoms with Gasteiger partial charge in [0, 0.05) is 6.61 Å². The first kappa shape index (κ1) is 11.9. The zero-order chi connectivity index (χ0) is 12.7. The molecule has 0 aromatic rings. The van der Waals surface area contributed by atoms with E-state index in [2.05, 4.69) is 12.2 Å². The molecule has 2 aliphatic carbocycles. The van der Waals surface area contributed by atoms with Crippen LogP contribution in [-0.2, 0) is 14.3 Å². The second-order valence-electron chi connectivity index (χ2n) is 5.44. The number of allylic oxidation sites excluding steroid dienone is 2. The van der Waals surface area contributed by atoms with Gasteiger partial charge in [-0.1, -0.05) is 19.1 Å². The van der Waals surface area contributed by atoms with Crippen LogP contribution in [0.25, 0.3) is 0 Å². The summed E-state index contributed by atoms with van der Waals surface area (Å²) in [4.78, 5) is 26.0. The van der Waals surface area contributed by atoms with Gasteiger partial charge >= 0.3 is 0 Å². The van der Waals surface area contributed by atoms with Gasteiger partial charge < -0.3 is 4.74 Å². The molecule has 0 spiro atoms. The summed E-state index contributed by atoms with van der Waals surface area (Å²) in [6.45, 7) is 3.62. The number of ether oxygens (including phenoxy) is 1. The highest BCUT2D eigenvalue weighted by atomic mass is 16.5. The summed E-state index contributed by atoms with van der Waals surface area (Å²) >= 11 is 0. The molecule has 4 atom stereocenters. The molecular formula is C14H19NO3. The lowest BCUT2D eigenvalue weighted by Gasteiger charge is -2.16. The number of hydrogen-bond donors (Lipinski definition) is 0. The third-order valence-corrected chi connectivity index (χ3v) is 4.37. The number of rotatable bonds is 5. The highest BCUT2D eigenvalue weighted by Crippen LogP contribution is 2.52. The molecule has 4 heteroatoms. The summed E-state index contributed by atoms with van der Waals surface area (Å²) in [5.74, 6) is 0.525. The average Bonchev–Trinajstić information content (AvgIpc) is 3.02. The molecule has 2 fully saturated rings. The van der Waals surface area contributed by atoms with Gasteiger partial charge in [-0.05, 0) is 24.7 Å². The van der Waals surface area contributed by atoms with Crippen LogP contribution >= 0.6 is 0 Å². The van der Waals surface area contributed by atoms with Gasteiger partial charge in [0.2, 0.25) is 11.8 Å². The molecule has 2 bridgehead atoms. The Morgan fingerprint density at radius 1 is 1.17 bits per heavy atom. The summed E-state index contributed by atoms with van der Waals surface area (Å²) in [5, 5.41) is 0. The highest BCUT2D eigenvalue weighted by Gasteiger charge is 2.58. The lowest BCUT2D eigenvalue weighted by molar-refractivity contribution is -0.141. The van der Waals surface area contributed by atoms with E-state index in [1.807, 2.05) is 6.92 Å². The van der Waals surface area contributed by atoms with E-state index < -0.39 is 0 Å². The van der Waals surface area contributed by atoms with Gasteiger partial charge in [-0.25, -0.2) is 0 Å². The van der Waals surface area contributed by atoms with Crippen molar-refractivity contribution in [1.29, 1.82) is 0 Å². The van der Waals surface area contributed by atoms with Gasteiger partial charge in [-0.3, -0.25) is 14.5 Å². The lowest BCUT2D eigenvalue weighted by atomic mass is 9.85. The average molecular weight is 249 g/mol. The molecule has 0 aromatic carbocycles. The van der Waals surface area contributed by atoms with Crippen LogP contribution in [0.4, 0.5) is 0 Å². The molecule has 0 radical (unpaired) electrons. The molecule has 1 heterocycles. The number of fused-ring (bicyclic) bond motifs is 5. The molecule has 3 rings (SSSR count). The Morgan fingerprint density at radius 3 is 2.33 bits per heavy atom. The molecule has 2 unspecified atom stereocenters. The molecular weight excluding hydrogens is 230 g/mol. The SMILES string of the molecule is CCCOCCN1C(=O)[C@@H]2C3C=CC(C3)[C@@H]2C1=O. The van der Waals surface area contributed by atoms with Crippen molar-refractivity contribution in [3.8, 4) is 0 Å². The van der Waals surface area contributed by atoms with Crippen molar-refractivity contribution in [3.63, 3.8) is 0 Å². The molecule has 18 heavy (non-hydrogen) atoms. The summed E-state index contributed by atoms with van der Waals surface area (Å²) in [7, 11) is 0. The first-order valence-electron chi connectivity index (χ1n) is 6.85. The third kappa shape index (κ3) is 1.62. The van der Waals surface area contributed by atoms with Gasteiger partial charge in [0.05, 0.1) is 25.0 Å². The van der Waals surface area contributed by atoms with Crippen LogP contribution in [0.1, 0.15) is 19.8 Å². The lowest BCUT2D eigenvalue weighted by Crippen LogP contribution is -2.35. The minimum Gasteiger partial charge on any atom is -0.380 e. The third-order valence-electron chi connectivity index (χ3n) is 4.37. The summed E-state index contributed by atoms with van der Waals surface area (Å²) in [6, 6.07) is 0. The van der Waals surface area contributed by atoms with E-state index in [0.717, 1.165) is 12.8 Å². The number of nitrogens with zero attached hydrogens (tertiary/aromatic N) is 1. The maximum absolute atomic E-state index is 12.3. The number of carbonyl (C=O) groups excluding carboxylic acids is 2. The molecule has 1 aliphatic heterocycles. The van der Waals surface area contributed by atoms with Crippen molar-refractivity contribution in [3.05, 3.63) is 12.2 Å². The molecule has 1 saturated heterocycles. The number of carbonyl (C=O) groups is 2. The monoisotopic (exact) mass is 249 g/mol. The second kappa shape index (κ2) is 4.50. The van der Waals surface area contributed by atoms with Gasteiger partial charge in [0.1, 0.15) is 0 Å². The van der Waals surface area contributed by atoms with Crippen LogP contribution < -0.4 is 0 Å². The number of imide groups is 1. The van der Waals surface area contributed by atoms with E-state index in [1.54, 1.807) is 0 Å². The fraction of sp³-hybridized carbons (Fsp3) is 0.714. The minimum atomic E-state index is -0.0707. The molecule has 2 amide bonds. The minimum absolute atomic E-state index is 0.0296. The molecule has 0 aromatic heterocycles. The van der Waals surface area contributed by atoms with E-state index in [1.165, 1.54) is 4.90 Å². The van der Waals surface area contributed by atoms with Crippen molar-refractivity contribution in [1.82, 2.24) is 4.90 Å². The maximum Gasteiger partial charge on any atom is 0.233 e. The normalized spacial score (nSPS) is 36.8. The Morgan fingerprint density at radius 2 is 1.78 bits per heavy atom. The first-order valence-corrected chi connectivity index (χ1v) is 6.85. The zero-order valence-electron chi connectivity index (χ0n) is 10.7. The Labute approximate surface area is 107 Å². The van der Waals surface area contributed by atoms with E-state index in [4.69, 9.17) is 4.74 Å². The summed E-state index contributed by atoms with van der Waals surface area (Å²) < 4.78 is 5.37. The van der Waals surface area contributed by atoms with Crippen LogP contribution in [0.5, 0.6) is 0 Å². The van der Waals surface area contributed by atoms with E-state index in [-0.39, 0.29) is 23.7 Å². The van der Waals surface area contributed by atoms with Crippen LogP contribution in [0.15, 0.2) is 12.2 Å². The van der Waals surface area contributed by atoms with Crippen LogP contribution in [0, 0.1) is 23.7 Å². The topological polar surface area (TPSA) is 46.6 Å². The Bertz CT molecular complexity index is 374. The largest absolute Gasteiger partial charge is 0.380 e. The Kier molecular flexibility index (Phi) is 2.98. The maximum atomic E-state index is 12.3. The fourth-order valence-corrected chi connectivity index (χ4v) is 3.59. The molecule has 3 aliphatic rings. The Hall–Kier alpha value is -1.16.